The minimum Gasteiger partial charge on any atom is -0.314 e. The second-order valence-electron chi connectivity index (χ2n) is 5.92. The smallest absolute Gasteiger partial charge is 0.0627 e. The Balaban J connectivity index is 1.79. The van der Waals surface area contributed by atoms with Crippen molar-refractivity contribution < 1.29 is 0 Å². The van der Waals surface area contributed by atoms with Gasteiger partial charge in [0.1, 0.15) is 0 Å². The van der Waals surface area contributed by atoms with E-state index in [2.05, 4.69) is 48.1 Å². The van der Waals surface area contributed by atoms with E-state index in [1.807, 2.05) is 0 Å². The molecule has 1 aromatic rings. The quantitative estimate of drug-likeness (QED) is 0.839. The molecule has 2 unspecified atom stereocenters. The predicted octanol–water partition coefficient (Wildman–Crippen LogP) is 3.17. The lowest BCUT2D eigenvalue weighted by atomic mass is 10.0. The number of aromatic nitrogens is 2. The lowest BCUT2D eigenvalue weighted by Gasteiger charge is -2.12. The van der Waals surface area contributed by atoms with E-state index in [1.165, 1.54) is 37.9 Å². The van der Waals surface area contributed by atoms with E-state index >= 15 is 0 Å². The Morgan fingerprint density at radius 3 is 2.94 bits per heavy atom. The van der Waals surface area contributed by atoms with Gasteiger partial charge in [0.15, 0.2) is 0 Å². The molecule has 102 valence electrons. The van der Waals surface area contributed by atoms with Gasteiger partial charge < -0.3 is 5.32 Å². The first-order chi connectivity index (χ1) is 8.69. The Kier molecular flexibility index (Phi) is 4.81. The van der Waals surface area contributed by atoms with Gasteiger partial charge in [-0.25, -0.2) is 0 Å². The highest BCUT2D eigenvalue weighted by atomic mass is 15.3. The van der Waals surface area contributed by atoms with E-state index < -0.39 is 0 Å². The molecule has 0 bridgehead atoms. The van der Waals surface area contributed by atoms with Crippen LogP contribution in [0.15, 0.2) is 12.3 Å². The van der Waals surface area contributed by atoms with Gasteiger partial charge in [0, 0.05) is 18.3 Å². The van der Waals surface area contributed by atoms with E-state index in [1.54, 1.807) is 0 Å². The Morgan fingerprint density at radius 2 is 2.28 bits per heavy atom. The minimum absolute atomic E-state index is 0.473. The van der Waals surface area contributed by atoms with Gasteiger partial charge in [-0.2, -0.15) is 5.10 Å². The summed E-state index contributed by atoms with van der Waals surface area (Å²) < 4.78 is 2.07. The maximum atomic E-state index is 4.66. The third-order valence-electron chi connectivity index (χ3n) is 3.91. The van der Waals surface area contributed by atoms with Crippen LogP contribution < -0.4 is 5.32 Å². The van der Waals surface area contributed by atoms with Crippen molar-refractivity contribution in [3.63, 3.8) is 0 Å². The van der Waals surface area contributed by atoms with Crippen LogP contribution in [0.5, 0.6) is 0 Å². The summed E-state index contributed by atoms with van der Waals surface area (Å²) in [7, 11) is 0. The second-order valence-corrected chi connectivity index (χ2v) is 5.92. The van der Waals surface area contributed by atoms with Crippen LogP contribution in [-0.2, 0) is 6.42 Å². The molecule has 1 aliphatic carbocycles. The van der Waals surface area contributed by atoms with Crippen molar-refractivity contribution in [3.05, 3.63) is 18.0 Å². The maximum Gasteiger partial charge on any atom is 0.0627 e. The minimum atomic E-state index is 0.473. The summed E-state index contributed by atoms with van der Waals surface area (Å²) >= 11 is 0. The Labute approximate surface area is 111 Å². The van der Waals surface area contributed by atoms with Crippen molar-refractivity contribution in [2.75, 3.05) is 6.54 Å². The average molecular weight is 249 g/mol. The predicted molar refractivity (Wildman–Crippen MR) is 75.7 cm³/mol. The van der Waals surface area contributed by atoms with Crippen molar-refractivity contribution in [1.29, 1.82) is 0 Å². The van der Waals surface area contributed by atoms with Crippen molar-refractivity contribution in [2.24, 2.45) is 5.92 Å². The molecule has 0 aromatic carbocycles. The second kappa shape index (κ2) is 6.37. The fourth-order valence-corrected chi connectivity index (χ4v) is 2.86. The van der Waals surface area contributed by atoms with Crippen molar-refractivity contribution >= 4 is 0 Å². The molecule has 1 saturated carbocycles. The molecule has 3 heteroatoms. The highest BCUT2D eigenvalue weighted by molar-refractivity contribution is 5.02. The molecule has 0 amide bonds. The lowest BCUT2D eigenvalue weighted by Crippen LogP contribution is -2.27. The van der Waals surface area contributed by atoms with Crippen LogP contribution in [0.25, 0.3) is 0 Å². The summed E-state index contributed by atoms with van der Waals surface area (Å²) in [5.41, 5.74) is 1.27. The largest absolute Gasteiger partial charge is 0.314 e. The number of nitrogens with zero attached hydrogens (tertiary/aromatic N) is 2. The highest BCUT2D eigenvalue weighted by Gasteiger charge is 2.24. The van der Waals surface area contributed by atoms with Gasteiger partial charge in [-0.3, -0.25) is 4.68 Å². The van der Waals surface area contributed by atoms with Crippen LogP contribution >= 0.6 is 0 Å². The van der Waals surface area contributed by atoms with Gasteiger partial charge in [-0.05, 0) is 64.5 Å². The molecule has 1 N–H and O–H groups in total. The third-order valence-corrected chi connectivity index (χ3v) is 3.91. The fourth-order valence-electron chi connectivity index (χ4n) is 2.86. The van der Waals surface area contributed by atoms with Gasteiger partial charge in [-0.1, -0.05) is 6.92 Å². The lowest BCUT2D eigenvalue weighted by molar-refractivity contribution is 0.473. The summed E-state index contributed by atoms with van der Waals surface area (Å²) in [5.74, 6) is 0.829. The van der Waals surface area contributed by atoms with Gasteiger partial charge in [-0.15, -0.1) is 0 Å². The first-order valence-electron chi connectivity index (χ1n) is 7.46. The normalized spacial score (nSPS) is 24.0. The van der Waals surface area contributed by atoms with Gasteiger partial charge in [0.2, 0.25) is 0 Å². The van der Waals surface area contributed by atoms with Crippen LogP contribution in [0.1, 0.15) is 58.2 Å². The highest BCUT2D eigenvalue weighted by Crippen LogP contribution is 2.28. The molecule has 1 fully saturated rings. The SMILES string of the molecule is CCCNC1CCC(Cc2ccn(C(C)C)n2)C1. The molecule has 0 aliphatic heterocycles. The molecular formula is C15H27N3. The fraction of sp³-hybridized carbons (Fsp3) is 0.800. The zero-order valence-corrected chi connectivity index (χ0v) is 12.0. The first-order valence-corrected chi connectivity index (χ1v) is 7.46. The zero-order valence-electron chi connectivity index (χ0n) is 12.0. The van der Waals surface area contributed by atoms with Crippen LogP contribution in [0.4, 0.5) is 0 Å². The Hall–Kier alpha value is -0.830. The van der Waals surface area contributed by atoms with Gasteiger partial charge in [0.25, 0.3) is 0 Å². The summed E-state index contributed by atoms with van der Waals surface area (Å²) in [6, 6.07) is 3.41. The van der Waals surface area contributed by atoms with E-state index in [-0.39, 0.29) is 0 Å². The van der Waals surface area contributed by atoms with E-state index in [0.717, 1.165) is 18.4 Å². The summed E-state index contributed by atoms with van der Waals surface area (Å²) in [5, 5.41) is 8.30. The zero-order chi connectivity index (χ0) is 13.0. The molecule has 2 rings (SSSR count). The molecule has 1 heterocycles. The molecule has 3 nitrogen and oxygen atoms in total. The van der Waals surface area contributed by atoms with Gasteiger partial charge in [0.05, 0.1) is 5.69 Å². The molecule has 1 aliphatic rings. The van der Waals surface area contributed by atoms with Gasteiger partial charge >= 0.3 is 0 Å². The maximum absolute atomic E-state index is 4.66. The molecule has 0 radical (unpaired) electrons. The molecule has 0 spiro atoms. The summed E-state index contributed by atoms with van der Waals surface area (Å²) in [4.78, 5) is 0. The molecule has 1 aromatic heterocycles. The third kappa shape index (κ3) is 3.58. The molecule has 0 saturated heterocycles. The Morgan fingerprint density at radius 1 is 1.44 bits per heavy atom. The van der Waals surface area contributed by atoms with Crippen molar-refractivity contribution in [2.45, 2.75) is 65.0 Å². The van der Waals surface area contributed by atoms with Crippen LogP contribution in [-0.4, -0.2) is 22.4 Å². The molecular weight excluding hydrogens is 222 g/mol. The first kappa shape index (κ1) is 13.6. The van der Waals surface area contributed by atoms with E-state index in [9.17, 15) is 0 Å². The van der Waals surface area contributed by atoms with Crippen LogP contribution in [0, 0.1) is 5.92 Å². The van der Waals surface area contributed by atoms with Crippen molar-refractivity contribution in [3.8, 4) is 0 Å². The number of nitrogens with one attached hydrogen (secondary N) is 1. The Bertz CT molecular complexity index is 356. The standard InChI is InChI=1S/C15H27N3/c1-4-8-16-14-6-5-13(10-14)11-15-7-9-18(17-15)12(2)3/h7,9,12-14,16H,4-6,8,10-11H2,1-3H3. The van der Waals surface area contributed by atoms with Crippen molar-refractivity contribution in [1.82, 2.24) is 15.1 Å². The number of hydrogen-bond acceptors (Lipinski definition) is 2. The number of hydrogen-bond donors (Lipinski definition) is 1. The number of rotatable bonds is 6. The topological polar surface area (TPSA) is 29.9 Å². The van der Waals surface area contributed by atoms with Crippen LogP contribution in [0.3, 0.4) is 0 Å². The van der Waals surface area contributed by atoms with E-state index in [4.69, 9.17) is 0 Å². The summed E-state index contributed by atoms with van der Waals surface area (Å²) in [6.07, 6.45) is 8.53. The molecule has 2 atom stereocenters. The summed E-state index contributed by atoms with van der Waals surface area (Å²) in [6.45, 7) is 7.76. The molecule has 18 heavy (non-hydrogen) atoms. The van der Waals surface area contributed by atoms with Crippen LogP contribution in [0.2, 0.25) is 0 Å². The van der Waals surface area contributed by atoms with E-state index in [0.29, 0.717) is 6.04 Å². The monoisotopic (exact) mass is 249 g/mol. The average Bonchev–Trinajstić information content (AvgIpc) is 2.96.